The molecule has 0 bridgehead atoms. The Kier molecular flexibility index (Phi) is 12.3. The van der Waals surface area contributed by atoms with Gasteiger partial charge in [0.1, 0.15) is 36.6 Å². The minimum absolute atomic E-state index is 0.0683. The summed E-state index contributed by atoms with van der Waals surface area (Å²) in [6.07, 6.45) is -12.9. The summed E-state index contributed by atoms with van der Waals surface area (Å²) in [7, 11) is 0. The Bertz CT molecular complexity index is 761. The van der Waals surface area contributed by atoms with E-state index < -0.39 is 79.3 Å². The summed E-state index contributed by atoms with van der Waals surface area (Å²) in [6.45, 7) is 3.60. The number of carboxylic acids is 1. The number of aliphatic hydroxyl groups is 4. The van der Waals surface area contributed by atoms with E-state index in [0.29, 0.717) is 19.5 Å². The number of hydrogen-bond acceptors (Lipinski definition) is 12. The Morgan fingerprint density at radius 3 is 2.16 bits per heavy atom. The van der Waals surface area contributed by atoms with E-state index in [1.54, 1.807) is 0 Å². The summed E-state index contributed by atoms with van der Waals surface area (Å²) >= 11 is 0. The van der Waals surface area contributed by atoms with Gasteiger partial charge in [-0.05, 0) is 26.3 Å². The van der Waals surface area contributed by atoms with Crippen molar-refractivity contribution in [2.45, 2.75) is 88.0 Å². The summed E-state index contributed by atoms with van der Waals surface area (Å²) in [5.41, 5.74) is 5.36. The van der Waals surface area contributed by atoms with Crippen LogP contribution in [0.15, 0.2) is 0 Å². The maximum absolute atomic E-state index is 11.7. The third kappa shape index (κ3) is 8.69. The molecule has 0 aliphatic carbocycles. The van der Waals surface area contributed by atoms with Crippen LogP contribution in [0.25, 0.3) is 0 Å². The molecule has 0 radical (unpaired) electrons. The molecule has 37 heavy (non-hydrogen) atoms. The number of hydrogen-bond donors (Lipinski definition) is 9. The average molecular weight is 539 g/mol. The van der Waals surface area contributed by atoms with E-state index in [2.05, 4.69) is 16.0 Å². The monoisotopic (exact) mass is 538 g/mol. The van der Waals surface area contributed by atoms with Gasteiger partial charge in [0.15, 0.2) is 18.7 Å². The summed E-state index contributed by atoms with van der Waals surface area (Å²) in [5.74, 6) is -2.12. The van der Waals surface area contributed by atoms with Crippen LogP contribution in [0, 0.1) is 0 Å². The van der Waals surface area contributed by atoms with Gasteiger partial charge < -0.3 is 66.2 Å². The zero-order chi connectivity index (χ0) is 27.7. The molecule has 16 heteroatoms. The number of nitrogens with one attached hydrogen (secondary N) is 3. The first-order valence-corrected chi connectivity index (χ1v) is 12.0. The van der Waals surface area contributed by atoms with E-state index in [9.17, 15) is 39.9 Å². The molecule has 3 amide bonds. The molecule has 0 saturated carbocycles. The number of aliphatic hydroxyl groups excluding tert-OH is 4. The van der Waals surface area contributed by atoms with Crippen LogP contribution < -0.4 is 21.7 Å². The lowest BCUT2D eigenvalue weighted by molar-refractivity contribution is -0.348. The van der Waals surface area contributed by atoms with E-state index in [-0.39, 0.29) is 19.6 Å². The quantitative estimate of drug-likeness (QED) is 0.107. The minimum atomic E-state index is -1.91. The maximum Gasteiger partial charge on any atom is 0.335 e. The number of carbonyl (C=O) groups excluding carboxylic acids is 2. The number of urea groups is 1. The van der Waals surface area contributed by atoms with Crippen LogP contribution in [0.4, 0.5) is 4.79 Å². The molecule has 2 saturated heterocycles. The highest BCUT2D eigenvalue weighted by atomic mass is 16.7. The van der Waals surface area contributed by atoms with Crippen LogP contribution in [0.1, 0.15) is 26.7 Å². The Morgan fingerprint density at radius 2 is 1.57 bits per heavy atom. The number of carboxylic acid groups (broad SMARTS) is 1. The number of aliphatic carboxylic acids is 1. The lowest BCUT2D eigenvalue weighted by Gasteiger charge is -2.46. The van der Waals surface area contributed by atoms with Crippen molar-refractivity contribution in [2.24, 2.45) is 5.73 Å². The van der Waals surface area contributed by atoms with Crippen LogP contribution in [0.5, 0.6) is 0 Å². The zero-order valence-electron chi connectivity index (χ0n) is 20.7. The van der Waals surface area contributed by atoms with E-state index in [1.807, 2.05) is 0 Å². The molecule has 10 atom stereocenters. The van der Waals surface area contributed by atoms with Gasteiger partial charge >= 0.3 is 12.0 Å². The van der Waals surface area contributed by atoms with Gasteiger partial charge in [-0.2, -0.15) is 0 Å². The van der Waals surface area contributed by atoms with Crippen LogP contribution in [-0.4, -0.2) is 131 Å². The Morgan fingerprint density at radius 1 is 0.919 bits per heavy atom. The van der Waals surface area contributed by atoms with Crippen molar-refractivity contribution in [1.82, 2.24) is 16.0 Å². The van der Waals surface area contributed by atoms with E-state index >= 15 is 0 Å². The zero-order valence-corrected chi connectivity index (χ0v) is 20.7. The smallest absolute Gasteiger partial charge is 0.335 e. The normalized spacial score (nSPS) is 36.0. The summed E-state index contributed by atoms with van der Waals surface area (Å²) in [6, 6.07) is -1.67. The number of carbonyl (C=O) groups is 3. The molecule has 0 aromatic heterocycles. The second-order valence-electron chi connectivity index (χ2n) is 8.81. The van der Waals surface area contributed by atoms with Crippen molar-refractivity contribution >= 4 is 17.9 Å². The molecule has 0 spiro atoms. The Hall–Kier alpha value is -2.15. The van der Waals surface area contributed by atoms with Crippen molar-refractivity contribution in [2.75, 3.05) is 26.2 Å². The number of amides is 3. The molecular formula is C21H38N4O12. The lowest BCUT2D eigenvalue weighted by atomic mass is 9.96. The van der Waals surface area contributed by atoms with Crippen LogP contribution >= 0.6 is 0 Å². The highest BCUT2D eigenvalue weighted by Gasteiger charge is 2.52. The summed E-state index contributed by atoms with van der Waals surface area (Å²) in [5, 5.41) is 58.5. The van der Waals surface area contributed by atoms with Crippen molar-refractivity contribution in [3.05, 3.63) is 0 Å². The number of nitrogens with two attached hydrogens (primary N) is 1. The standard InChI is InChI=1S/C21H38N4O12/c1-9-12(27)13(28)11(25-10(2)26)19(35-9)37-17-15(30)14(29)16(18(31)32)36-20(17)34-8-4-7-24-21(33)23-6-3-5-22/h9,11-17,19-20,27-30H,3-8,22H2,1-2H3,(H,25,26)(H,31,32)(H2,23,24,33)/t9?,11?,12-,13?,14+,15?,16?,17?,19+,20-/m1/s1. The van der Waals surface area contributed by atoms with Gasteiger partial charge in [-0.25, -0.2) is 9.59 Å². The van der Waals surface area contributed by atoms with Crippen molar-refractivity contribution in [3.8, 4) is 0 Å². The first-order valence-electron chi connectivity index (χ1n) is 12.0. The van der Waals surface area contributed by atoms with Gasteiger partial charge in [0.25, 0.3) is 0 Å². The van der Waals surface area contributed by atoms with Crippen molar-refractivity contribution in [1.29, 1.82) is 0 Å². The first-order chi connectivity index (χ1) is 17.5. The minimum Gasteiger partial charge on any atom is -0.479 e. The highest BCUT2D eigenvalue weighted by molar-refractivity contribution is 5.74. The molecule has 0 aromatic carbocycles. The van der Waals surface area contributed by atoms with Crippen molar-refractivity contribution < 1.29 is 58.9 Å². The highest BCUT2D eigenvalue weighted by Crippen LogP contribution is 2.30. The Balaban J connectivity index is 2.07. The topological polar surface area (TPSA) is 251 Å². The SMILES string of the molecule is CC(=O)NC1C(O)[C@H](O)C(C)O[C@H]1OC1C(O)[C@H](O)C(C(=O)O)O[C@H]1OCCCNC(=O)NCCCN. The largest absolute Gasteiger partial charge is 0.479 e. The fraction of sp³-hybridized carbons (Fsp3) is 0.857. The van der Waals surface area contributed by atoms with Gasteiger partial charge in [-0.3, -0.25) is 4.79 Å². The van der Waals surface area contributed by atoms with Crippen molar-refractivity contribution in [3.63, 3.8) is 0 Å². The predicted octanol–water partition coefficient (Wildman–Crippen LogP) is -4.07. The first kappa shape index (κ1) is 31.1. The maximum atomic E-state index is 11.7. The van der Waals surface area contributed by atoms with E-state index in [0.717, 1.165) is 0 Å². The second kappa shape index (κ2) is 14.7. The van der Waals surface area contributed by atoms with E-state index in [4.69, 9.17) is 24.7 Å². The summed E-state index contributed by atoms with van der Waals surface area (Å²) in [4.78, 5) is 34.8. The fourth-order valence-corrected chi connectivity index (χ4v) is 3.85. The molecule has 2 aliphatic rings. The summed E-state index contributed by atoms with van der Waals surface area (Å²) < 4.78 is 22.3. The second-order valence-corrected chi connectivity index (χ2v) is 8.81. The fourth-order valence-electron chi connectivity index (χ4n) is 3.85. The molecule has 6 unspecified atom stereocenters. The van der Waals surface area contributed by atoms with Crippen LogP contribution in [0.2, 0.25) is 0 Å². The molecule has 16 nitrogen and oxygen atoms in total. The predicted molar refractivity (Wildman–Crippen MR) is 123 cm³/mol. The molecule has 10 N–H and O–H groups in total. The molecule has 214 valence electrons. The number of rotatable bonds is 12. The average Bonchev–Trinajstić information content (AvgIpc) is 2.83. The van der Waals surface area contributed by atoms with Gasteiger partial charge in [0.05, 0.1) is 12.7 Å². The third-order valence-corrected chi connectivity index (χ3v) is 5.85. The molecule has 0 aromatic rings. The number of ether oxygens (including phenoxy) is 4. The Labute approximate surface area is 213 Å². The molecule has 2 rings (SSSR count). The van der Waals surface area contributed by atoms with Crippen LogP contribution in [0.3, 0.4) is 0 Å². The lowest BCUT2D eigenvalue weighted by Crippen LogP contribution is -2.67. The van der Waals surface area contributed by atoms with Gasteiger partial charge in [0, 0.05) is 20.0 Å². The molecule has 2 aliphatic heterocycles. The molecule has 2 heterocycles. The third-order valence-electron chi connectivity index (χ3n) is 5.85. The molecule has 2 fully saturated rings. The van der Waals surface area contributed by atoms with Crippen LogP contribution in [-0.2, 0) is 28.5 Å². The van der Waals surface area contributed by atoms with E-state index in [1.165, 1.54) is 13.8 Å². The van der Waals surface area contributed by atoms with Gasteiger partial charge in [0.2, 0.25) is 5.91 Å². The van der Waals surface area contributed by atoms with Gasteiger partial charge in [-0.1, -0.05) is 0 Å². The van der Waals surface area contributed by atoms with Gasteiger partial charge in [-0.15, -0.1) is 0 Å². The molecular weight excluding hydrogens is 500 g/mol.